The van der Waals surface area contributed by atoms with Crippen LogP contribution in [0.15, 0.2) is 59.5 Å². The number of nitrogens with one attached hydrogen (secondary N) is 1. The summed E-state index contributed by atoms with van der Waals surface area (Å²) in [5.74, 6) is -2.93. The molecule has 178 valence electrons. The third-order valence-electron chi connectivity index (χ3n) is 3.74. The van der Waals surface area contributed by atoms with E-state index in [0.29, 0.717) is 0 Å². The van der Waals surface area contributed by atoms with Crippen LogP contribution < -0.4 is 14.2 Å². The Labute approximate surface area is 186 Å². The van der Waals surface area contributed by atoms with Gasteiger partial charge in [-0.25, -0.2) is 17.9 Å². The van der Waals surface area contributed by atoms with Gasteiger partial charge in [0, 0.05) is 11.6 Å². The van der Waals surface area contributed by atoms with Crippen molar-refractivity contribution in [2.24, 2.45) is 0 Å². The summed E-state index contributed by atoms with van der Waals surface area (Å²) in [6.07, 6.45) is -4.95. The summed E-state index contributed by atoms with van der Waals surface area (Å²) in [6.45, 7) is 4.73. The summed E-state index contributed by atoms with van der Waals surface area (Å²) >= 11 is 0. The molecule has 0 bridgehead atoms. The molecule has 2 N–H and O–H groups in total. The summed E-state index contributed by atoms with van der Waals surface area (Å²) in [4.78, 5) is 23.0. The second kappa shape index (κ2) is 10.3. The molecule has 0 aromatic heterocycles. The van der Waals surface area contributed by atoms with Crippen molar-refractivity contribution in [2.75, 3.05) is 13.2 Å². The largest absolute Gasteiger partial charge is 0.573 e. The van der Waals surface area contributed by atoms with Gasteiger partial charge < -0.3 is 19.3 Å². The number of carbonyl (C=O) groups is 2. The van der Waals surface area contributed by atoms with Crippen molar-refractivity contribution in [3.05, 3.63) is 60.2 Å². The summed E-state index contributed by atoms with van der Waals surface area (Å²) < 4.78 is 76.7. The Morgan fingerprint density at radius 2 is 1.67 bits per heavy atom. The Hall–Kier alpha value is -3.74. The van der Waals surface area contributed by atoms with Crippen LogP contribution in [0.25, 0.3) is 0 Å². The van der Waals surface area contributed by atoms with E-state index in [2.05, 4.69) is 11.3 Å². The van der Waals surface area contributed by atoms with E-state index in [1.54, 1.807) is 4.72 Å². The zero-order chi connectivity index (χ0) is 24.8. The topological polar surface area (TPSA) is 128 Å². The molecule has 2 aromatic rings. The van der Waals surface area contributed by atoms with Gasteiger partial charge in [-0.15, -0.1) is 13.2 Å². The highest BCUT2D eigenvalue weighted by Crippen LogP contribution is 2.26. The molecule has 0 radical (unpaired) electrons. The van der Waals surface area contributed by atoms with Crippen molar-refractivity contribution in [2.45, 2.75) is 18.2 Å². The first-order valence-electron chi connectivity index (χ1n) is 9.00. The number of halogens is 3. The van der Waals surface area contributed by atoms with E-state index < -0.39 is 50.2 Å². The molecule has 13 heteroatoms. The number of alkyl halides is 3. The average Bonchev–Trinajstić information content (AvgIpc) is 2.69. The predicted octanol–water partition coefficient (Wildman–Crippen LogP) is 2.91. The maximum absolute atomic E-state index is 12.3. The molecule has 0 saturated heterocycles. The van der Waals surface area contributed by atoms with Crippen molar-refractivity contribution in [3.8, 4) is 17.2 Å². The van der Waals surface area contributed by atoms with Gasteiger partial charge in [-0.05, 0) is 43.3 Å². The molecular weight excluding hydrogens is 471 g/mol. The number of aromatic hydroxyl groups is 1. The second-order valence-corrected chi connectivity index (χ2v) is 8.08. The molecule has 0 aliphatic carbocycles. The molecule has 0 unspecified atom stereocenters. The summed E-state index contributed by atoms with van der Waals surface area (Å²) in [7, 11) is -4.46. The Kier molecular flexibility index (Phi) is 7.93. The van der Waals surface area contributed by atoms with E-state index in [1.807, 2.05) is 0 Å². The fourth-order valence-electron chi connectivity index (χ4n) is 2.27. The van der Waals surface area contributed by atoms with Crippen molar-refractivity contribution in [1.29, 1.82) is 0 Å². The first-order chi connectivity index (χ1) is 15.3. The van der Waals surface area contributed by atoms with E-state index in [9.17, 15) is 36.3 Å². The van der Waals surface area contributed by atoms with Gasteiger partial charge in [0.1, 0.15) is 30.5 Å². The number of amides is 1. The van der Waals surface area contributed by atoms with Gasteiger partial charge in [0.15, 0.2) is 0 Å². The number of sulfonamides is 1. The first kappa shape index (κ1) is 25.5. The van der Waals surface area contributed by atoms with Crippen molar-refractivity contribution < 1.29 is 50.5 Å². The standard InChI is InChI=1S/C20H18F3NO8S/c1-12(2)19(27)31-10-9-30-14-5-8-16(17(25)11-14)18(26)24-33(28,29)15-6-3-13(4-7-15)32-20(21,22)23/h3-8,11,25H,1,9-10H2,2H3,(H,24,26). The maximum atomic E-state index is 12.3. The second-order valence-electron chi connectivity index (χ2n) is 6.40. The smallest absolute Gasteiger partial charge is 0.507 e. The van der Waals surface area contributed by atoms with Crippen LogP contribution in [0.3, 0.4) is 0 Å². The van der Waals surface area contributed by atoms with E-state index in [0.717, 1.165) is 36.4 Å². The van der Waals surface area contributed by atoms with Crippen LogP contribution in [0.2, 0.25) is 0 Å². The van der Waals surface area contributed by atoms with Gasteiger partial charge in [0.25, 0.3) is 15.9 Å². The number of ether oxygens (including phenoxy) is 3. The highest BCUT2D eigenvalue weighted by molar-refractivity contribution is 7.90. The Balaban J connectivity index is 2.01. The van der Waals surface area contributed by atoms with Crippen molar-refractivity contribution >= 4 is 21.9 Å². The number of hydrogen-bond acceptors (Lipinski definition) is 8. The van der Waals surface area contributed by atoms with Gasteiger partial charge in [0.05, 0.1) is 10.5 Å². The molecule has 0 heterocycles. The lowest BCUT2D eigenvalue weighted by Crippen LogP contribution is -2.30. The maximum Gasteiger partial charge on any atom is 0.573 e. The van der Waals surface area contributed by atoms with Crippen LogP contribution in [-0.4, -0.2) is 45.0 Å². The van der Waals surface area contributed by atoms with Crippen LogP contribution in [0.1, 0.15) is 17.3 Å². The van der Waals surface area contributed by atoms with E-state index >= 15 is 0 Å². The van der Waals surface area contributed by atoms with Crippen LogP contribution in [0.5, 0.6) is 17.2 Å². The molecule has 0 aliphatic heterocycles. The lowest BCUT2D eigenvalue weighted by molar-refractivity contribution is -0.274. The molecular formula is C20H18F3NO8S. The number of carbonyl (C=O) groups excluding carboxylic acids is 2. The minimum Gasteiger partial charge on any atom is -0.507 e. The molecule has 0 atom stereocenters. The van der Waals surface area contributed by atoms with Gasteiger partial charge in [0.2, 0.25) is 0 Å². The summed E-state index contributed by atoms with van der Waals surface area (Å²) in [5.41, 5.74) is -0.194. The lowest BCUT2D eigenvalue weighted by Gasteiger charge is -2.11. The van der Waals surface area contributed by atoms with Crippen LogP contribution in [0.4, 0.5) is 13.2 Å². The first-order valence-corrected chi connectivity index (χ1v) is 10.5. The Morgan fingerprint density at radius 3 is 2.21 bits per heavy atom. The highest BCUT2D eigenvalue weighted by atomic mass is 32.2. The minimum atomic E-state index is -4.95. The minimum absolute atomic E-state index is 0.0631. The normalized spacial score (nSPS) is 11.4. The molecule has 1 amide bonds. The average molecular weight is 489 g/mol. The molecule has 0 fully saturated rings. The molecule has 33 heavy (non-hydrogen) atoms. The quantitative estimate of drug-likeness (QED) is 0.313. The monoisotopic (exact) mass is 489 g/mol. The van der Waals surface area contributed by atoms with E-state index in [-0.39, 0.29) is 24.5 Å². The van der Waals surface area contributed by atoms with Crippen LogP contribution in [-0.2, 0) is 19.6 Å². The van der Waals surface area contributed by atoms with E-state index in [1.165, 1.54) is 13.0 Å². The van der Waals surface area contributed by atoms with Crippen molar-refractivity contribution in [3.63, 3.8) is 0 Å². The number of rotatable bonds is 9. The number of benzene rings is 2. The SMILES string of the molecule is C=C(C)C(=O)OCCOc1ccc(C(=O)NS(=O)(=O)c2ccc(OC(F)(F)F)cc2)c(O)c1. The molecule has 9 nitrogen and oxygen atoms in total. The van der Waals surface area contributed by atoms with Crippen LogP contribution >= 0.6 is 0 Å². The number of esters is 1. The highest BCUT2D eigenvalue weighted by Gasteiger charge is 2.31. The zero-order valence-electron chi connectivity index (χ0n) is 17.0. The summed E-state index contributed by atoms with van der Waals surface area (Å²) in [5, 5.41) is 10.0. The predicted molar refractivity (Wildman–Crippen MR) is 107 cm³/mol. The van der Waals surface area contributed by atoms with Gasteiger partial charge in [-0.2, -0.15) is 0 Å². The van der Waals surface area contributed by atoms with Gasteiger partial charge >= 0.3 is 12.3 Å². The molecule has 0 spiro atoms. The van der Waals surface area contributed by atoms with Gasteiger partial charge in [-0.1, -0.05) is 6.58 Å². The zero-order valence-corrected chi connectivity index (χ0v) is 17.8. The van der Waals surface area contributed by atoms with Crippen molar-refractivity contribution in [1.82, 2.24) is 4.72 Å². The number of phenolic OH excluding ortho intramolecular Hbond substituents is 1. The lowest BCUT2D eigenvalue weighted by atomic mass is 10.2. The third kappa shape index (κ3) is 7.71. The fraction of sp³-hybridized carbons (Fsp3) is 0.200. The fourth-order valence-corrected chi connectivity index (χ4v) is 3.23. The van der Waals surface area contributed by atoms with Crippen LogP contribution in [0, 0.1) is 0 Å². The van der Waals surface area contributed by atoms with E-state index in [4.69, 9.17) is 9.47 Å². The van der Waals surface area contributed by atoms with Gasteiger partial charge in [-0.3, -0.25) is 4.79 Å². The Bertz CT molecular complexity index is 1140. The molecule has 2 aromatic carbocycles. The third-order valence-corrected chi connectivity index (χ3v) is 5.09. The molecule has 0 saturated carbocycles. The summed E-state index contributed by atoms with van der Waals surface area (Å²) in [6, 6.07) is 6.57. The molecule has 2 rings (SSSR count). The molecule has 0 aliphatic rings. The Morgan fingerprint density at radius 1 is 1.06 bits per heavy atom. The number of phenols is 1. The number of hydrogen-bond donors (Lipinski definition) is 2.